The lowest BCUT2D eigenvalue weighted by molar-refractivity contribution is -0.115. The molecule has 0 saturated heterocycles. The second kappa shape index (κ2) is 10.4. The van der Waals surface area contributed by atoms with E-state index in [0.717, 1.165) is 11.1 Å². The molecule has 34 heavy (non-hydrogen) atoms. The average molecular weight is 482 g/mol. The Bertz CT molecular complexity index is 1300. The Morgan fingerprint density at radius 3 is 2.15 bits per heavy atom. The molecule has 9 heteroatoms. The summed E-state index contributed by atoms with van der Waals surface area (Å²) in [5.41, 5.74) is 3.63. The van der Waals surface area contributed by atoms with Gasteiger partial charge in [-0.25, -0.2) is 8.42 Å². The Kier molecular flexibility index (Phi) is 7.57. The van der Waals surface area contributed by atoms with Crippen LogP contribution in [0.25, 0.3) is 0 Å². The van der Waals surface area contributed by atoms with Gasteiger partial charge < -0.3 is 15.4 Å². The number of hydrogen-bond acceptors (Lipinski definition) is 5. The molecule has 2 amide bonds. The zero-order valence-electron chi connectivity index (χ0n) is 19.4. The summed E-state index contributed by atoms with van der Waals surface area (Å²) in [4.78, 5) is 25.0. The van der Waals surface area contributed by atoms with Crippen LogP contribution in [0.5, 0.6) is 5.75 Å². The summed E-state index contributed by atoms with van der Waals surface area (Å²) in [6.45, 7) is 5.21. The van der Waals surface area contributed by atoms with Crippen LogP contribution < -0.4 is 20.1 Å². The maximum atomic E-state index is 12.8. The molecular formula is C25H27N3O5S. The van der Waals surface area contributed by atoms with Crippen molar-refractivity contribution in [2.24, 2.45) is 0 Å². The number of amides is 2. The number of rotatable bonds is 8. The number of aryl methyl sites for hydroxylation is 3. The molecule has 0 aliphatic rings. The van der Waals surface area contributed by atoms with Gasteiger partial charge >= 0.3 is 0 Å². The van der Waals surface area contributed by atoms with E-state index in [4.69, 9.17) is 4.74 Å². The van der Waals surface area contributed by atoms with Gasteiger partial charge in [-0.1, -0.05) is 24.3 Å². The summed E-state index contributed by atoms with van der Waals surface area (Å²) < 4.78 is 33.2. The first-order valence-electron chi connectivity index (χ1n) is 10.5. The fraction of sp³-hybridized carbons (Fsp3) is 0.200. The van der Waals surface area contributed by atoms with Crippen LogP contribution in [-0.4, -0.2) is 33.9 Å². The minimum absolute atomic E-state index is 0.0703. The Balaban J connectivity index is 1.70. The topological polar surface area (TPSA) is 114 Å². The highest BCUT2D eigenvalue weighted by Crippen LogP contribution is 2.22. The molecule has 178 valence electrons. The van der Waals surface area contributed by atoms with Gasteiger partial charge in [0.2, 0.25) is 5.91 Å². The van der Waals surface area contributed by atoms with E-state index in [-0.39, 0.29) is 22.9 Å². The molecule has 3 aromatic carbocycles. The minimum atomic E-state index is -3.94. The summed E-state index contributed by atoms with van der Waals surface area (Å²) in [5, 5.41) is 5.36. The standard InChI is InChI=1S/C25H27N3O5S/c1-16-8-13-21(34(31,32)28-19-9-11-20(33-4)12-10-19)14-22(16)25(30)26-15-23(29)27-24-17(2)6-5-7-18(24)3/h5-14,28H,15H2,1-4H3,(H,26,30)(H,27,29). The third-order valence-corrected chi connectivity index (χ3v) is 6.64. The highest BCUT2D eigenvalue weighted by molar-refractivity contribution is 7.92. The van der Waals surface area contributed by atoms with Crippen LogP contribution in [0.15, 0.2) is 65.6 Å². The van der Waals surface area contributed by atoms with Gasteiger partial charge in [0.1, 0.15) is 5.75 Å². The number of hydrogen-bond donors (Lipinski definition) is 3. The molecule has 0 fully saturated rings. The minimum Gasteiger partial charge on any atom is -0.497 e. The van der Waals surface area contributed by atoms with E-state index in [1.807, 2.05) is 32.0 Å². The zero-order chi connectivity index (χ0) is 24.9. The number of nitrogens with one attached hydrogen (secondary N) is 3. The quantitative estimate of drug-likeness (QED) is 0.453. The van der Waals surface area contributed by atoms with Crippen LogP contribution in [-0.2, 0) is 14.8 Å². The van der Waals surface area contributed by atoms with Crippen molar-refractivity contribution in [3.63, 3.8) is 0 Å². The normalized spacial score (nSPS) is 10.9. The molecule has 0 heterocycles. The van der Waals surface area contributed by atoms with Crippen molar-refractivity contribution in [3.8, 4) is 5.75 Å². The Labute approximate surface area is 199 Å². The predicted octanol–water partition coefficient (Wildman–Crippen LogP) is 3.79. The summed E-state index contributed by atoms with van der Waals surface area (Å²) in [5.74, 6) is -0.331. The van der Waals surface area contributed by atoms with Gasteiger partial charge in [-0.3, -0.25) is 14.3 Å². The maximum absolute atomic E-state index is 12.8. The fourth-order valence-electron chi connectivity index (χ4n) is 3.34. The van der Waals surface area contributed by atoms with Gasteiger partial charge in [0.05, 0.1) is 18.6 Å². The second-order valence-electron chi connectivity index (χ2n) is 7.81. The van der Waals surface area contributed by atoms with Crippen molar-refractivity contribution >= 4 is 33.2 Å². The van der Waals surface area contributed by atoms with E-state index in [9.17, 15) is 18.0 Å². The van der Waals surface area contributed by atoms with Crippen molar-refractivity contribution in [2.45, 2.75) is 25.7 Å². The molecule has 3 aromatic rings. The van der Waals surface area contributed by atoms with Gasteiger partial charge in [-0.15, -0.1) is 0 Å². The van der Waals surface area contributed by atoms with Crippen molar-refractivity contribution in [3.05, 3.63) is 82.9 Å². The Morgan fingerprint density at radius 1 is 0.882 bits per heavy atom. The van der Waals surface area contributed by atoms with Crippen molar-refractivity contribution < 1.29 is 22.7 Å². The van der Waals surface area contributed by atoms with Crippen LogP contribution in [0.2, 0.25) is 0 Å². The zero-order valence-corrected chi connectivity index (χ0v) is 20.2. The van der Waals surface area contributed by atoms with Crippen molar-refractivity contribution in [2.75, 3.05) is 23.7 Å². The van der Waals surface area contributed by atoms with Gasteiger partial charge in [0.25, 0.3) is 15.9 Å². The first kappa shape index (κ1) is 24.8. The van der Waals surface area contributed by atoms with Crippen LogP contribution in [0.1, 0.15) is 27.0 Å². The number of para-hydroxylation sites is 1. The molecule has 0 atom stereocenters. The fourth-order valence-corrected chi connectivity index (χ4v) is 4.42. The van der Waals surface area contributed by atoms with Crippen LogP contribution in [0.4, 0.5) is 11.4 Å². The first-order valence-corrected chi connectivity index (χ1v) is 12.0. The molecule has 3 rings (SSSR count). The molecule has 0 aliphatic heterocycles. The SMILES string of the molecule is COc1ccc(NS(=O)(=O)c2ccc(C)c(C(=O)NCC(=O)Nc3c(C)cccc3C)c2)cc1. The molecule has 0 spiro atoms. The highest BCUT2D eigenvalue weighted by atomic mass is 32.2. The van der Waals surface area contributed by atoms with Crippen LogP contribution >= 0.6 is 0 Å². The van der Waals surface area contributed by atoms with E-state index < -0.39 is 15.9 Å². The largest absolute Gasteiger partial charge is 0.497 e. The molecule has 0 radical (unpaired) electrons. The van der Waals surface area contributed by atoms with Gasteiger partial charge in [-0.2, -0.15) is 0 Å². The van der Waals surface area contributed by atoms with E-state index in [2.05, 4.69) is 15.4 Å². The Morgan fingerprint density at radius 2 is 1.53 bits per heavy atom. The number of carbonyl (C=O) groups is 2. The van der Waals surface area contributed by atoms with E-state index in [0.29, 0.717) is 22.7 Å². The van der Waals surface area contributed by atoms with Gasteiger partial charge in [0.15, 0.2) is 0 Å². The Hall–Kier alpha value is -3.85. The maximum Gasteiger partial charge on any atom is 0.261 e. The van der Waals surface area contributed by atoms with Crippen molar-refractivity contribution in [1.29, 1.82) is 0 Å². The molecular weight excluding hydrogens is 454 g/mol. The van der Waals surface area contributed by atoms with E-state index in [1.54, 1.807) is 37.3 Å². The summed E-state index contributed by atoms with van der Waals surface area (Å²) >= 11 is 0. The summed E-state index contributed by atoms with van der Waals surface area (Å²) in [7, 11) is -2.42. The number of carbonyl (C=O) groups excluding carboxylic acids is 2. The molecule has 0 unspecified atom stereocenters. The van der Waals surface area contributed by atoms with Crippen LogP contribution in [0.3, 0.4) is 0 Å². The molecule has 3 N–H and O–H groups in total. The van der Waals surface area contributed by atoms with E-state index in [1.165, 1.54) is 19.2 Å². The highest BCUT2D eigenvalue weighted by Gasteiger charge is 2.19. The third kappa shape index (κ3) is 5.93. The molecule has 0 aromatic heterocycles. The molecule has 0 saturated carbocycles. The van der Waals surface area contributed by atoms with Crippen LogP contribution in [0, 0.1) is 20.8 Å². The second-order valence-corrected chi connectivity index (χ2v) is 9.49. The number of benzene rings is 3. The van der Waals surface area contributed by atoms with Gasteiger partial charge in [-0.05, 0) is 73.9 Å². The lowest BCUT2D eigenvalue weighted by Gasteiger charge is -2.13. The molecule has 0 bridgehead atoms. The van der Waals surface area contributed by atoms with E-state index >= 15 is 0 Å². The summed E-state index contributed by atoms with van der Waals surface area (Å²) in [6.07, 6.45) is 0. The first-order chi connectivity index (χ1) is 16.1. The van der Waals surface area contributed by atoms with Crippen molar-refractivity contribution in [1.82, 2.24) is 5.32 Å². The lowest BCUT2D eigenvalue weighted by Crippen LogP contribution is -2.33. The number of methoxy groups -OCH3 is 1. The van der Waals surface area contributed by atoms with Gasteiger partial charge in [0, 0.05) is 16.9 Å². The molecule has 0 aliphatic carbocycles. The number of ether oxygens (including phenoxy) is 1. The average Bonchev–Trinajstić information content (AvgIpc) is 2.80. The lowest BCUT2D eigenvalue weighted by atomic mass is 10.1. The smallest absolute Gasteiger partial charge is 0.261 e. The molecule has 8 nitrogen and oxygen atoms in total. The number of sulfonamides is 1. The number of anilines is 2. The monoisotopic (exact) mass is 481 g/mol. The predicted molar refractivity (Wildman–Crippen MR) is 132 cm³/mol. The summed E-state index contributed by atoms with van der Waals surface area (Å²) in [6, 6.07) is 16.4. The third-order valence-electron chi connectivity index (χ3n) is 5.26.